The van der Waals surface area contributed by atoms with Gasteiger partial charge in [0.1, 0.15) is 0 Å². The van der Waals surface area contributed by atoms with Crippen LogP contribution in [0, 0.1) is 5.92 Å². The van der Waals surface area contributed by atoms with E-state index in [-0.39, 0.29) is 17.9 Å². The van der Waals surface area contributed by atoms with Crippen molar-refractivity contribution in [1.29, 1.82) is 0 Å². The summed E-state index contributed by atoms with van der Waals surface area (Å²) in [6.07, 6.45) is 1.63. The first kappa shape index (κ1) is 16.8. The number of benzene rings is 1. The summed E-state index contributed by atoms with van der Waals surface area (Å²) >= 11 is 0. The van der Waals surface area contributed by atoms with Crippen LogP contribution in [0.25, 0.3) is 0 Å². The second-order valence-corrected chi connectivity index (χ2v) is 6.11. The van der Waals surface area contributed by atoms with Crippen molar-refractivity contribution in [2.75, 3.05) is 31.1 Å². The SMILES string of the molecule is CCN(CC)c1ccc(C(=O)N2CCCC(C(C)O)C2)cc1. The van der Waals surface area contributed by atoms with Crippen molar-refractivity contribution in [3.63, 3.8) is 0 Å². The van der Waals surface area contributed by atoms with Gasteiger partial charge in [-0.1, -0.05) is 0 Å². The molecule has 122 valence electrons. The van der Waals surface area contributed by atoms with Gasteiger partial charge in [-0.15, -0.1) is 0 Å². The molecule has 0 saturated carbocycles. The van der Waals surface area contributed by atoms with Gasteiger partial charge in [0, 0.05) is 43.3 Å². The van der Waals surface area contributed by atoms with Crippen molar-refractivity contribution in [3.8, 4) is 0 Å². The monoisotopic (exact) mass is 304 g/mol. The highest BCUT2D eigenvalue weighted by atomic mass is 16.3. The summed E-state index contributed by atoms with van der Waals surface area (Å²) in [5.74, 6) is 0.282. The Labute approximate surface area is 133 Å². The van der Waals surface area contributed by atoms with Gasteiger partial charge in [0.05, 0.1) is 6.10 Å². The third kappa shape index (κ3) is 3.80. The second-order valence-electron chi connectivity index (χ2n) is 6.11. The average molecular weight is 304 g/mol. The summed E-state index contributed by atoms with van der Waals surface area (Å²) in [5.41, 5.74) is 1.89. The van der Waals surface area contributed by atoms with Crippen LogP contribution >= 0.6 is 0 Å². The van der Waals surface area contributed by atoms with Crippen LogP contribution in [0.2, 0.25) is 0 Å². The molecule has 4 nitrogen and oxygen atoms in total. The van der Waals surface area contributed by atoms with Crippen LogP contribution < -0.4 is 4.90 Å². The molecule has 0 spiro atoms. The number of nitrogens with zero attached hydrogens (tertiary/aromatic N) is 2. The lowest BCUT2D eigenvalue weighted by molar-refractivity contribution is 0.0466. The molecule has 1 aliphatic heterocycles. The summed E-state index contributed by atoms with van der Waals surface area (Å²) < 4.78 is 0. The number of amides is 1. The summed E-state index contributed by atoms with van der Waals surface area (Å²) in [6.45, 7) is 9.46. The van der Waals surface area contributed by atoms with Crippen LogP contribution in [-0.2, 0) is 0 Å². The number of hydrogen-bond donors (Lipinski definition) is 1. The topological polar surface area (TPSA) is 43.8 Å². The molecular weight excluding hydrogens is 276 g/mol. The van der Waals surface area contributed by atoms with Gasteiger partial charge < -0.3 is 14.9 Å². The van der Waals surface area contributed by atoms with Crippen LogP contribution in [-0.4, -0.2) is 48.2 Å². The third-order valence-electron chi connectivity index (χ3n) is 4.67. The molecule has 1 aromatic carbocycles. The van der Waals surface area contributed by atoms with Gasteiger partial charge in [-0.05, 0) is 57.9 Å². The molecule has 2 unspecified atom stereocenters. The van der Waals surface area contributed by atoms with E-state index >= 15 is 0 Å². The van der Waals surface area contributed by atoms with Crippen LogP contribution in [0.1, 0.15) is 44.0 Å². The summed E-state index contributed by atoms with van der Waals surface area (Å²) in [6, 6.07) is 7.89. The average Bonchev–Trinajstić information content (AvgIpc) is 2.56. The highest BCUT2D eigenvalue weighted by molar-refractivity contribution is 5.94. The molecule has 0 radical (unpaired) electrons. The molecule has 22 heavy (non-hydrogen) atoms. The zero-order valence-corrected chi connectivity index (χ0v) is 14.0. The molecule has 2 atom stereocenters. The van der Waals surface area contributed by atoms with Crippen LogP contribution in [0.5, 0.6) is 0 Å². The van der Waals surface area contributed by atoms with Gasteiger partial charge in [0.15, 0.2) is 0 Å². The van der Waals surface area contributed by atoms with Crippen molar-refractivity contribution < 1.29 is 9.90 Å². The standard InChI is InChI=1S/C18H28N2O2/c1-4-19(5-2)17-10-8-15(9-11-17)18(22)20-12-6-7-16(13-20)14(3)21/h8-11,14,16,21H,4-7,12-13H2,1-3H3. The van der Waals surface area contributed by atoms with E-state index < -0.39 is 0 Å². The minimum absolute atomic E-state index is 0.0800. The van der Waals surface area contributed by atoms with E-state index in [0.717, 1.165) is 43.7 Å². The van der Waals surface area contributed by atoms with Gasteiger partial charge in [-0.2, -0.15) is 0 Å². The Morgan fingerprint density at radius 3 is 2.50 bits per heavy atom. The third-order valence-corrected chi connectivity index (χ3v) is 4.67. The predicted octanol–water partition coefficient (Wildman–Crippen LogP) is 2.77. The number of carbonyl (C=O) groups excluding carboxylic acids is 1. The Hall–Kier alpha value is -1.55. The number of piperidine rings is 1. The van der Waals surface area contributed by atoms with E-state index in [2.05, 4.69) is 18.7 Å². The predicted molar refractivity (Wildman–Crippen MR) is 90.3 cm³/mol. The van der Waals surface area contributed by atoms with Crippen molar-refractivity contribution in [2.45, 2.75) is 39.7 Å². The first-order valence-electron chi connectivity index (χ1n) is 8.39. The number of rotatable bonds is 5. The smallest absolute Gasteiger partial charge is 0.253 e. The Kier molecular flexibility index (Phi) is 5.83. The lowest BCUT2D eigenvalue weighted by atomic mass is 9.93. The van der Waals surface area contributed by atoms with Crippen LogP contribution in [0.15, 0.2) is 24.3 Å². The first-order chi connectivity index (χ1) is 10.6. The van der Waals surface area contributed by atoms with Gasteiger partial charge in [0.2, 0.25) is 0 Å². The minimum atomic E-state index is -0.347. The number of aliphatic hydroxyl groups is 1. The number of carbonyl (C=O) groups is 1. The number of hydrogen-bond acceptors (Lipinski definition) is 3. The summed E-state index contributed by atoms with van der Waals surface area (Å²) in [5, 5.41) is 9.76. The molecule has 1 aliphatic rings. The maximum Gasteiger partial charge on any atom is 0.253 e. The second kappa shape index (κ2) is 7.63. The Morgan fingerprint density at radius 1 is 1.32 bits per heavy atom. The lowest BCUT2D eigenvalue weighted by Crippen LogP contribution is -2.42. The summed E-state index contributed by atoms with van der Waals surface area (Å²) in [4.78, 5) is 16.8. The number of aliphatic hydroxyl groups excluding tert-OH is 1. The molecule has 1 N–H and O–H groups in total. The maximum atomic E-state index is 12.6. The van der Waals surface area contributed by atoms with Crippen LogP contribution in [0.4, 0.5) is 5.69 Å². The molecule has 1 fully saturated rings. The van der Waals surface area contributed by atoms with Crippen molar-refractivity contribution in [3.05, 3.63) is 29.8 Å². The molecule has 0 bridgehead atoms. The van der Waals surface area contributed by atoms with Crippen LogP contribution in [0.3, 0.4) is 0 Å². The molecule has 4 heteroatoms. The maximum absolute atomic E-state index is 12.6. The summed E-state index contributed by atoms with van der Waals surface area (Å²) in [7, 11) is 0. The van der Waals surface area contributed by atoms with Crippen molar-refractivity contribution >= 4 is 11.6 Å². The van der Waals surface area contributed by atoms with Gasteiger partial charge >= 0.3 is 0 Å². The molecule has 1 saturated heterocycles. The van der Waals surface area contributed by atoms with E-state index in [1.807, 2.05) is 36.1 Å². The molecule has 0 aliphatic carbocycles. The zero-order valence-electron chi connectivity index (χ0n) is 14.0. The van der Waals surface area contributed by atoms with E-state index in [4.69, 9.17) is 0 Å². The molecule has 0 aromatic heterocycles. The molecule has 1 heterocycles. The molecule has 1 amide bonds. The number of likely N-dealkylation sites (tertiary alicyclic amines) is 1. The quantitative estimate of drug-likeness (QED) is 0.909. The molecule has 1 aromatic rings. The van der Waals surface area contributed by atoms with E-state index in [1.165, 1.54) is 0 Å². The minimum Gasteiger partial charge on any atom is -0.393 e. The van der Waals surface area contributed by atoms with Gasteiger partial charge in [-0.3, -0.25) is 4.79 Å². The molecular formula is C18H28N2O2. The fourth-order valence-corrected chi connectivity index (χ4v) is 3.17. The molecule has 2 rings (SSSR count). The highest BCUT2D eigenvalue weighted by Crippen LogP contribution is 2.22. The van der Waals surface area contributed by atoms with Gasteiger partial charge in [0.25, 0.3) is 5.91 Å². The van der Waals surface area contributed by atoms with Crippen molar-refractivity contribution in [2.24, 2.45) is 5.92 Å². The Bertz CT molecular complexity index is 480. The van der Waals surface area contributed by atoms with E-state index in [1.54, 1.807) is 0 Å². The Balaban J connectivity index is 2.06. The van der Waals surface area contributed by atoms with E-state index in [0.29, 0.717) is 6.54 Å². The fourth-order valence-electron chi connectivity index (χ4n) is 3.17. The first-order valence-corrected chi connectivity index (χ1v) is 8.39. The normalized spacial score (nSPS) is 19.8. The largest absolute Gasteiger partial charge is 0.393 e. The highest BCUT2D eigenvalue weighted by Gasteiger charge is 2.27. The van der Waals surface area contributed by atoms with E-state index in [9.17, 15) is 9.90 Å². The van der Waals surface area contributed by atoms with Crippen molar-refractivity contribution in [1.82, 2.24) is 4.90 Å². The number of anilines is 1. The lowest BCUT2D eigenvalue weighted by Gasteiger charge is -2.34. The van der Waals surface area contributed by atoms with Gasteiger partial charge in [-0.25, -0.2) is 0 Å². The zero-order chi connectivity index (χ0) is 16.1. The Morgan fingerprint density at radius 2 is 1.95 bits per heavy atom. The fraction of sp³-hybridized carbons (Fsp3) is 0.611.